The molecule has 2 amide bonds. The molecule has 31 heavy (non-hydrogen) atoms. The Kier molecular flexibility index (Phi) is 6.80. The summed E-state index contributed by atoms with van der Waals surface area (Å²) in [5.41, 5.74) is 1.76. The van der Waals surface area contributed by atoms with Gasteiger partial charge in [0.15, 0.2) is 9.84 Å². The number of nitrogens with one attached hydrogen (secondary N) is 2. The lowest BCUT2D eigenvalue weighted by molar-refractivity contribution is -0.136. The van der Waals surface area contributed by atoms with Gasteiger partial charge in [0.2, 0.25) is 0 Å². The number of sulfone groups is 1. The van der Waals surface area contributed by atoms with E-state index in [1.807, 2.05) is 6.07 Å². The molecule has 8 heteroatoms. The van der Waals surface area contributed by atoms with Gasteiger partial charge in [-0.3, -0.25) is 0 Å². The summed E-state index contributed by atoms with van der Waals surface area (Å²) < 4.78 is 31.1. The highest BCUT2D eigenvalue weighted by atomic mass is 32.2. The standard InChI is InChI=1S/C23H26N2O5S/c1-15(2)13-16-9-11-18(12-10-16)31(28,29)14-19-20(22(26)30-3)21(25-23(27)24-19)17-7-5-4-6-8-17/h4-12,15,21H,13-14H2,1-3H3,(H2,24,25,27)/t21-/m0/s1. The van der Waals surface area contributed by atoms with Crippen LogP contribution in [0.4, 0.5) is 4.79 Å². The van der Waals surface area contributed by atoms with Gasteiger partial charge in [0.1, 0.15) is 0 Å². The first-order valence-electron chi connectivity index (χ1n) is 9.96. The topological polar surface area (TPSA) is 102 Å². The van der Waals surface area contributed by atoms with Gasteiger partial charge in [0, 0.05) is 5.70 Å². The maximum atomic E-state index is 13.1. The fourth-order valence-electron chi connectivity index (χ4n) is 3.56. The van der Waals surface area contributed by atoms with Crippen molar-refractivity contribution in [1.82, 2.24) is 10.6 Å². The largest absolute Gasteiger partial charge is 0.466 e. The lowest BCUT2D eigenvalue weighted by Crippen LogP contribution is -2.47. The van der Waals surface area contributed by atoms with Crippen LogP contribution >= 0.6 is 0 Å². The van der Waals surface area contributed by atoms with E-state index in [-0.39, 0.29) is 16.2 Å². The third-order valence-electron chi connectivity index (χ3n) is 4.95. The van der Waals surface area contributed by atoms with Crippen molar-refractivity contribution < 1.29 is 22.7 Å². The number of carbonyl (C=O) groups is 2. The van der Waals surface area contributed by atoms with Gasteiger partial charge in [-0.15, -0.1) is 0 Å². The second kappa shape index (κ2) is 9.34. The molecule has 1 atom stereocenters. The van der Waals surface area contributed by atoms with Crippen molar-refractivity contribution in [2.24, 2.45) is 5.92 Å². The summed E-state index contributed by atoms with van der Waals surface area (Å²) in [4.78, 5) is 25.0. The summed E-state index contributed by atoms with van der Waals surface area (Å²) in [7, 11) is -2.60. The lowest BCUT2D eigenvalue weighted by Gasteiger charge is -2.29. The van der Waals surface area contributed by atoms with Gasteiger partial charge in [-0.2, -0.15) is 0 Å². The molecule has 0 aliphatic carbocycles. The van der Waals surface area contributed by atoms with Crippen molar-refractivity contribution >= 4 is 21.8 Å². The first-order valence-corrected chi connectivity index (χ1v) is 11.6. The molecule has 0 unspecified atom stereocenters. The molecule has 7 nitrogen and oxygen atoms in total. The van der Waals surface area contributed by atoms with E-state index < -0.39 is 33.6 Å². The molecule has 2 N–H and O–H groups in total. The monoisotopic (exact) mass is 442 g/mol. The van der Waals surface area contributed by atoms with E-state index in [9.17, 15) is 18.0 Å². The minimum Gasteiger partial charge on any atom is -0.466 e. The molecule has 1 aliphatic heterocycles. The van der Waals surface area contributed by atoms with Crippen molar-refractivity contribution in [3.05, 3.63) is 77.0 Å². The normalized spacial score (nSPS) is 16.6. The Bertz CT molecular complexity index is 1090. The van der Waals surface area contributed by atoms with Gasteiger partial charge in [-0.25, -0.2) is 18.0 Å². The first-order chi connectivity index (χ1) is 14.7. The molecule has 1 heterocycles. The highest BCUT2D eigenvalue weighted by Crippen LogP contribution is 2.29. The predicted molar refractivity (Wildman–Crippen MR) is 117 cm³/mol. The molecule has 0 bridgehead atoms. The Morgan fingerprint density at radius 2 is 1.71 bits per heavy atom. The van der Waals surface area contributed by atoms with E-state index in [0.717, 1.165) is 12.0 Å². The number of amides is 2. The molecule has 0 saturated heterocycles. The molecule has 164 valence electrons. The van der Waals surface area contributed by atoms with Crippen LogP contribution in [0.25, 0.3) is 0 Å². The molecular weight excluding hydrogens is 416 g/mol. The van der Waals surface area contributed by atoms with E-state index in [0.29, 0.717) is 11.5 Å². The number of methoxy groups -OCH3 is 1. The smallest absolute Gasteiger partial charge is 0.338 e. The van der Waals surface area contributed by atoms with Crippen molar-refractivity contribution in [2.75, 3.05) is 12.9 Å². The van der Waals surface area contributed by atoms with E-state index in [1.165, 1.54) is 7.11 Å². The molecule has 3 rings (SSSR count). The second-order valence-electron chi connectivity index (χ2n) is 7.83. The fraction of sp³-hybridized carbons (Fsp3) is 0.304. The van der Waals surface area contributed by atoms with Gasteiger partial charge >= 0.3 is 12.0 Å². The Hall–Kier alpha value is -3.13. The van der Waals surface area contributed by atoms with Crippen molar-refractivity contribution in [3.63, 3.8) is 0 Å². The Morgan fingerprint density at radius 3 is 2.29 bits per heavy atom. The molecule has 0 aromatic heterocycles. The number of ether oxygens (including phenoxy) is 1. The molecule has 1 aliphatic rings. The average Bonchev–Trinajstić information content (AvgIpc) is 2.73. The predicted octanol–water partition coefficient (Wildman–Crippen LogP) is 3.14. The number of hydrogen-bond acceptors (Lipinski definition) is 5. The van der Waals surface area contributed by atoms with Crippen LogP contribution in [0.5, 0.6) is 0 Å². The van der Waals surface area contributed by atoms with Gasteiger partial charge < -0.3 is 15.4 Å². The number of urea groups is 1. The molecular formula is C23H26N2O5S. The van der Waals surface area contributed by atoms with Gasteiger partial charge in [-0.1, -0.05) is 56.3 Å². The Morgan fingerprint density at radius 1 is 1.06 bits per heavy atom. The molecule has 0 fully saturated rings. The minimum absolute atomic E-state index is 0.00992. The molecule has 2 aromatic carbocycles. The van der Waals surface area contributed by atoms with Crippen molar-refractivity contribution in [3.8, 4) is 0 Å². The summed E-state index contributed by atoms with van der Waals surface area (Å²) in [6, 6.07) is 14.1. The number of benzene rings is 2. The van der Waals surface area contributed by atoms with Crippen LogP contribution < -0.4 is 10.6 Å². The van der Waals surface area contributed by atoms with E-state index in [1.54, 1.807) is 48.5 Å². The number of hydrogen-bond donors (Lipinski definition) is 2. The summed E-state index contributed by atoms with van der Waals surface area (Å²) in [5, 5.41) is 5.17. The Balaban J connectivity index is 1.99. The summed E-state index contributed by atoms with van der Waals surface area (Å²) in [6.45, 7) is 4.18. The number of esters is 1. The van der Waals surface area contributed by atoms with Gasteiger partial charge in [0.05, 0.1) is 29.4 Å². The minimum atomic E-state index is -3.82. The zero-order valence-corrected chi connectivity index (χ0v) is 18.5. The molecule has 2 aromatic rings. The number of carbonyl (C=O) groups excluding carboxylic acids is 2. The van der Waals surface area contributed by atoms with E-state index >= 15 is 0 Å². The average molecular weight is 443 g/mol. The third-order valence-corrected chi connectivity index (χ3v) is 6.61. The second-order valence-corrected chi connectivity index (χ2v) is 9.82. The summed E-state index contributed by atoms with van der Waals surface area (Å²) >= 11 is 0. The SMILES string of the molecule is COC(=O)C1=C(CS(=O)(=O)c2ccc(CC(C)C)cc2)NC(=O)N[C@H]1c1ccccc1. The van der Waals surface area contributed by atoms with Gasteiger partial charge in [0.25, 0.3) is 0 Å². The maximum Gasteiger partial charge on any atom is 0.338 e. The highest BCUT2D eigenvalue weighted by Gasteiger charge is 2.35. The maximum absolute atomic E-state index is 13.1. The fourth-order valence-corrected chi connectivity index (χ4v) is 4.88. The zero-order chi connectivity index (χ0) is 22.6. The van der Waals surface area contributed by atoms with E-state index in [4.69, 9.17) is 4.74 Å². The summed E-state index contributed by atoms with van der Waals surface area (Å²) in [6.07, 6.45) is 0.846. The van der Waals surface area contributed by atoms with Crippen LogP contribution in [0, 0.1) is 5.92 Å². The van der Waals surface area contributed by atoms with Crippen LogP contribution in [0.3, 0.4) is 0 Å². The van der Waals surface area contributed by atoms with Gasteiger partial charge in [-0.05, 0) is 35.6 Å². The van der Waals surface area contributed by atoms with Crippen LogP contribution in [0.1, 0.15) is 31.0 Å². The highest BCUT2D eigenvalue weighted by molar-refractivity contribution is 7.91. The quantitative estimate of drug-likeness (QED) is 0.642. The Labute approximate surface area is 182 Å². The summed E-state index contributed by atoms with van der Waals surface area (Å²) in [5.74, 6) is -0.786. The van der Waals surface area contributed by atoms with E-state index in [2.05, 4.69) is 24.5 Å². The first kappa shape index (κ1) is 22.6. The van der Waals surface area contributed by atoms with Crippen molar-refractivity contribution in [2.45, 2.75) is 31.2 Å². The van der Waals surface area contributed by atoms with Crippen LogP contribution in [0.15, 0.2) is 70.8 Å². The lowest BCUT2D eigenvalue weighted by atomic mass is 9.96. The van der Waals surface area contributed by atoms with Crippen molar-refractivity contribution in [1.29, 1.82) is 0 Å². The van der Waals surface area contributed by atoms with Crippen LogP contribution in [-0.2, 0) is 25.8 Å². The third kappa shape index (κ3) is 5.32. The molecule has 0 radical (unpaired) electrons. The molecule has 0 saturated carbocycles. The van der Waals surface area contributed by atoms with Crippen LogP contribution in [0.2, 0.25) is 0 Å². The van der Waals surface area contributed by atoms with Crippen LogP contribution in [-0.4, -0.2) is 33.3 Å². The molecule has 0 spiro atoms. The zero-order valence-electron chi connectivity index (χ0n) is 17.7. The number of rotatable bonds is 7.